The molecule has 2 amide bonds. The Balaban J connectivity index is 1.78. The van der Waals surface area contributed by atoms with E-state index in [1.807, 2.05) is 0 Å². The fourth-order valence-electron chi connectivity index (χ4n) is 2.15. The molecule has 0 aliphatic heterocycles. The first-order chi connectivity index (χ1) is 12.5. The molecular formula is C19H20N2O5. The largest absolute Gasteiger partial charge is 0.497 e. The Morgan fingerprint density at radius 3 is 2.19 bits per heavy atom. The van der Waals surface area contributed by atoms with Crippen molar-refractivity contribution in [2.75, 3.05) is 26.1 Å². The van der Waals surface area contributed by atoms with Crippen LogP contribution in [0.25, 0.3) is 0 Å². The van der Waals surface area contributed by atoms with Crippen molar-refractivity contribution in [3.63, 3.8) is 0 Å². The molecule has 0 saturated carbocycles. The van der Waals surface area contributed by atoms with Crippen molar-refractivity contribution in [3.8, 4) is 5.75 Å². The van der Waals surface area contributed by atoms with Crippen LogP contribution >= 0.6 is 0 Å². The number of anilines is 1. The van der Waals surface area contributed by atoms with Crippen molar-refractivity contribution in [1.29, 1.82) is 0 Å². The smallest absolute Gasteiger partial charge is 0.310 e. The molecule has 0 aromatic heterocycles. The summed E-state index contributed by atoms with van der Waals surface area (Å²) in [5.74, 6) is -0.472. The monoisotopic (exact) mass is 356 g/mol. The topological polar surface area (TPSA) is 93.7 Å². The van der Waals surface area contributed by atoms with E-state index in [1.165, 1.54) is 7.05 Å². The number of carbonyl (C=O) groups excluding carboxylic acids is 3. The summed E-state index contributed by atoms with van der Waals surface area (Å²) in [7, 11) is 3.10. The van der Waals surface area contributed by atoms with Crippen LogP contribution in [0.1, 0.15) is 15.9 Å². The molecule has 2 aromatic rings. The quantitative estimate of drug-likeness (QED) is 0.738. The number of hydrogen-bond donors (Lipinski definition) is 2. The second-order valence-electron chi connectivity index (χ2n) is 5.39. The minimum absolute atomic E-state index is 0.0676. The van der Waals surface area contributed by atoms with E-state index in [9.17, 15) is 14.4 Å². The van der Waals surface area contributed by atoms with Gasteiger partial charge in [-0.1, -0.05) is 12.1 Å². The van der Waals surface area contributed by atoms with Gasteiger partial charge in [0.05, 0.1) is 13.5 Å². The number of methoxy groups -OCH3 is 1. The summed E-state index contributed by atoms with van der Waals surface area (Å²) in [6.07, 6.45) is 0.0676. The van der Waals surface area contributed by atoms with Gasteiger partial charge in [-0.25, -0.2) is 0 Å². The van der Waals surface area contributed by atoms with E-state index < -0.39 is 11.9 Å². The molecule has 0 heterocycles. The maximum atomic E-state index is 11.8. The van der Waals surface area contributed by atoms with Gasteiger partial charge in [0.1, 0.15) is 5.75 Å². The summed E-state index contributed by atoms with van der Waals surface area (Å²) in [5, 5.41) is 5.11. The summed E-state index contributed by atoms with van der Waals surface area (Å²) in [4.78, 5) is 35.1. The van der Waals surface area contributed by atoms with E-state index >= 15 is 0 Å². The average Bonchev–Trinajstić information content (AvgIpc) is 2.67. The van der Waals surface area contributed by atoms with Gasteiger partial charge in [-0.3, -0.25) is 14.4 Å². The van der Waals surface area contributed by atoms with E-state index in [4.69, 9.17) is 9.47 Å². The van der Waals surface area contributed by atoms with Gasteiger partial charge in [0, 0.05) is 18.3 Å². The van der Waals surface area contributed by atoms with Crippen LogP contribution < -0.4 is 15.4 Å². The molecular weight excluding hydrogens is 336 g/mol. The van der Waals surface area contributed by atoms with E-state index in [-0.39, 0.29) is 18.9 Å². The van der Waals surface area contributed by atoms with Gasteiger partial charge in [0.25, 0.3) is 11.8 Å². The lowest BCUT2D eigenvalue weighted by Crippen LogP contribution is -2.22. The molecule has 7 heteroatoms. The Hall–Kier alpha value is -3.35. The molecule has 0 unspecified atom stereocenters. The molecule has 0 fully saturated rings. The number of esters is 1. The molecule has 0 atom stereocenters. The summed E-state index contributed by atoms with van der Waals surface area (Å²) in [6.45, 7) is -0.383. The van der Waals surface area contributed by atoms with Gasteiger partial charge in [0.2, 0.25) is 0 Å². The highest BCUT2D eigenvalue weighted by Crippen LogP contribution is 2.12. The Morgan fingerprint density at radius 1 is 0.962 bits per heavy atom. The predicted molar refractivity (Wildman–Crippen MR) is 96.1 cm³/mol. The Bertz CT molecular complexity index is 770. The van der Waals surface area contributed by atoms with E-state index in [0.29, 0.717) is 17.0 Å². The third-order valence-electron chi connectivity index (χ3n) is 3.53. The Kier molecular flexibility index (Phi) is 6.73. The molecule has 7 nitrogen and oxygen atoms in total. The lowest BCUT2D eigenvalue weighted by molar-refractivity contribution is -0.146. The van der Waals surface area contributed by atoms with Crippen LogP contribution in [0, 0.1) is 0 Å². The second kappa shape index (κ2) is 9.22. The van der Waals surface area contributed by atoms with Crippen molar-refractivity contribution in [1.82, 2.24) is 5.32 Å². The molecule has 0 spiro atoms. The molecule has 136 valence electrons. The summed E-state index contributed by atoms with van der Waals surface area (Å²) < 4.78 is 10.0. The number of nitrogens with one attached hydrogen (secondary N) is 2. The minimum Gasteiger partial charge on any atom is -0.497 e. The highest BCUT2D eigenvalue weighted by Gasteiger charge is 2.10. The lowest BCUT2D eigenvalue weighted by Gasteiger charge is -2.08. The van der Waals surface area contributed by atoms with Crippen molar-refractivity contribution in [2.24, 2.45) is 0 Å². The molecule has 0 aliphatic rings. The zero-order valence-electron chi connectivity index (χ0n) is 14.6. The minimum atomic E-state index is -0.500. The Morgan fingerprint density at radius 2 is 1.62 bits per heavy atom. The maximum Gasteiger partial charge on any atom is 0.310 e. The predicted octanol–water partition coefficient (Wildman–Crippen LogP) is 1.78. The molecule has 0 radical (unpaired) electrons. The zero-order valence-corrected chi connectivity index (χ0v) is 14.6. The third-order valence-corrected chi connectivity index (χ3v) is 3.53. The molecule has 2 aromatic carbocycles. The van der Waals surface area contributed by atoms with Crippen molar-refractivity contribution in [3.05, 3.63) is 59.7 Å². The Labute approximate surface area is 151 Å². The van der Waals surface area contributed by atoms with E-state index in [1.54, 1.807) is 55.6 Å². The van der Waals surface area contributed by atoms with Crippen LogP contribution in [0.2, 0.25) is 0 Å². The van der Waals surface area contributed by atoms with Crippen LogP contribution in [0.15, 0.2) is 48.5 Å². The molecule has 0 bridgehead atoms. The maximum absolute atomic E-state index is 11.8. The van der Waals surface area contributed by atoms with Crippen LogP contribution in [-0.4, -0.2) is 38.5 Å². The molecule has 2 rings (SSSR count). The highest BCUT2D eigenvalue weighted by atomic mass is 16.5. The van der Waals surface area contributed by atoms with Gasteiger partial charge in [-0.05, 0) is 42.0 Å². The fourth-order valence-corrected chi connectivity index (χ4v) is 2.15. The summed E-state index contributed by atoms with van der Waals surface area (Å²) >= 11 is 0. The van der Waals surface area contributed by atoms with Crippen LogP contribution in [0.5, 0.6) is 5.75 Å². The number of hydrogen-bond acceptors (Lipinski definition) is 5. The molecule has 0 saturated heterocycles. The lowest BCUT2D eigenvalue weighted by atomic mass is 10.1. The first kappa shape index (κ1) is 19.0. The fraction of sp³-hybridized carbons (Fsp3) is 0.211. The van der Waals surface area contributed by atoms with Crippen LogP contribution in [-0.2, 0) is 20.7 Å². The van der Waals surface area contributed by atoms with Gasteiger partial charge in [-0.15, -0.1) is 0 Å². The number of amides is 2. The first-order valence-electron chi connectivity index (χ1n) is 7.92. The molecule has 2 N–H and O–H groups in total. The standard InChI is InChI=1S/C19H20N2O5/c1-20-19(24)14-5-7-15(8-6-14)21-17(22)12-26-18(23)11-13-3-9-16(25-2)10-4-13/h3-10H,11-12H2,1-2H3,(H,20,24)(H,21,22). The van der Waals surface area contributed by atoms with Gasteiger partial charge >= 0.3 is 5.97 Å². The second-order valence-corrected chi connectivity index (χ2v) is 5.39. The summed E-state index contributed by atoms with van der Waals surface area (Å²) in [6, 6.07) is 13.4. The van der Waals surface area contributed by atoms with Crippen molar-refractivity contribution < 1.29 is 23.9 Å². The SMILES string of the molecule is CNC(=O)c1ccc(NC(=O)COC(=O)Cc2ccc(OC)cc2)cc1. The van der Waals surface area contributed by atoms with Gasteiger partial charge in [0.15, 0.2) is 6.61 Å². The van der Waals surface area contributed by atoms with Crippen molar-refractivity contribution >= 4 is 23.5 Å². The van der Waals surface area contributed by atoms with Crippen LogP contribution in [0.3, 0.4) is 0 Å². The highest BCUT2D eigenvalue weighted by molar-refractivity contribution is 5.96. The molecule has 26 heavy (non-hydrogen) atoms. The normalized spacial score (nSPS) is 9.92. The summed E-state index contributed by atoms with van der Waals surface area (Å²) in [5.41, 5.74) is 1.76. The average molecular weight is 356 g/mol. The van der Waals surface area contributed by atoms with E-state index in [0.717, 1.165) is 5.56 Å². The number of carbonyl (C=O) groups is 3. The first-order valence-corrected chi connectivity index (χ1v) is 7.92. The van der Waals surface area contributed by atoms with Gasteiger partial charge < -0.3 is 20.1 Å². The van der Waals surface area contributed by atoms with Gasteiger partial charge in [-0.2, -0.15) is 0 Å². The molecule has 0 aliphatic carbocycles. The van der Waals surface area contributed by atoms with Crippen molar-refractivity contribution in [2.45, 2.75) is 6.42 Å². The van der Waals surface area contributed by atoms with Crippen LogP contribution in [0.4, 0.5) is 5.69 Å². The third kappa shape index (κ3) is 5.62. The number of rotatable bonds is 7. The number of ether oxygens (including phenoxy) is 2. The zero-order chi connectivity index (χ0) is 18.9. The van der Waals surface area contributed by atoms with E-state index in [2.05, 4.69) is 10.6 Å². The number of benzene rings is 2.